The Kier molecular flexibility index (Phi) is 7.11. The van der Waals surface area contributed by atoms with E-state index in [1.165, 1.54) is 0 Å². The normalized spacial score (nSPS) is 17.3. The van der Waals surface area contributed by atoms with Crippen LogP contribution < -0.4 is 9.47 Å². The summed E-state index contributed by atoms with van der Waals surface area (Å²) >= 11 is 1.75. The Labute approximate surface area is 169 Å². The van der Waals surface area contributed by atoms with E-state index >= 15 is 0 Å². The molecule has 1 atom stereocenters. The zero-order valence-electron chi connectivity index (χ0n) is 17.7. The van der Waals surface area contributed by atoms with E-state index < -0.39 is 8.32 Å². The number of benzene rings is 1. The van der Waals surface area contributed by atoms with Crippen LogP contribution in [0.25, 0.3) is 0 Å². The van der Waals surface area contributed by atoms with Gasteiger partial charge in [0.1, 0.15) is 5.37 Å². The molecule has 0 radical (unpaired) electrons. The van der Waals surface area contributed by atoms with Gasteiger partial charge in [-0.2, -0.15) is 0 Å². The Morgan fingerprint density at radius 2 is 1.96 bits per heavy atom. The Morgan fingerprint density at radius 1 is 1.26 bits per heavy atom. The van der Waals surface area contributed by atoms with Crippen LogP contribution in [0.15, 0.2) is 42.1 Å². The maximum atomic E-state index is 6.36. The van der Waals surface area contributed by atoms with Gasteiger partial charge in [0.15, 0.2) is 19.8 Å². The Balaban J connectivity index is 2.13. The van der Waals surface area contributed by atoms with Gasteiger partial charge in [0.05, 0.1) is 20.3 Å². The second kappa shape index (κ2) is 8.75. The third kappa shape index (κ3) is 5.12. The molecule has 150 valence electrons. The second-order valence-electron chi connectivity index (χ2n) is 8.14. The highest BCUT2D eigenvalue weighted by Crippen LogP contribution is 2.44. The maximum absolute atomic E-state index is 6.36. The molecule has 0 fully saturated rings. The Bertz CT molecular complexity index is 697. The molecule has 1 aliphatic heterocycles. The lowest BCUT2D eigenvalue weighted by Crippen LogP contribution is -2.41. The molecule has 1 aromatic carbocycles. The van der Waals surface area contributed by atoms with E-state index in [1.54, 1.807) is 18.9 Å². The summed E-state index contributed by atoms with van der Waals surface area (Å²) in [4.78, 5) is 2.19. The van der Waals surface area contributed by atoms with E-state index in [0.29, 0.717) is 13.2 Å². The Morgan fingerprint density at radius 3 is 2.56 bits per heavy atom. The van der Waals surface area contributed by atoms with E-state index in [9.17, 15) is 0 Å². The monoisotopic (exact) mass is 407 g/mol. The highest BCUT2D eigenvalue weighted by molar-refractivity contribution is 8.02. The number of thioether (sulfide) groups is 1. The summed E-state index contributed by atoms with van der Waals surface area (Å²) in [6.45, 7) is 18.7. The minimum absolute atomic E-state index is 0.130. The number of rotatable bonds is 8. The minimum Gasteiger partial charge on any atom is -0.493 e. The van der Waals surface area contributed by atoms with Crippen molar-refractivity contribution >= 4 is 20.1 Å². The van der Waals surface area contributed by atoms with Gasteiger partial charge in [-0.3, -0.25) is 0 Å². The maximum Gasteiger partial charge on any atom is 0.192 e. The second-order valence-corrected chi connectivity index (χ2v) is 13.9. The fourth-order valence-corrected chi connectivity index (χ4v) is 4.46. The van der Waals surface area contributed by atoms with Crippen LogP contribution in [0.3, 0.4) is 0 Å². The van der Waals surface area contributed by atoms with Crippen molar-refractivity contribution in [3.05, 3.63) is 47.6 Å². The quantitative estimate of drug-likeness (QED) is 0.483. The van der Waals surface area contributed by atoms with Crippen molar-refractivity contribution in [2.75, 3.05) is 20.3 Å². The first-order valence-electron chi connectivity index (χ1n) is 9.33. The van der Waals surface area contributed by atoms with E-state index in [2.05, 4.69) is 69.1 Å². The molecule has 27 heavy (non-hydrogen) atoms. The van der Waals surface area contributed by atoms with Gasteiger partial charge in [0, 0.05) is 11.9 Å². The molecule has 1 aliphatic rings. The highest BCUT2D eigenvalue weighted by Gasteiger charge is 2.37. The zero-order valence-corrected chi connectivity index (χ0v) is 19.5. The number of hydrogen-bond acceptors (Lipinski definition) is 5. The fraction of sp³-hybridized carbons (Fsp3) is 0.524. The molecule has 0 aliphatic carbocycles. The van der Waals surface area contributed by atoms with E-state index in [-0.39, 0.29) is 10.4 Å². The molecule has 0 aromatic heterocycles. The molecule has 4 nitrogen and oxygen atoms in total. The van der Waals surface area contributed by atoms with Gasteiger partial charge in [-0.1, -0.05) is 33.4 Å². The van der Waals surface area contributed by atoms with Crippen molar-refractivity contribution in [2.45, 2.75) is 51.2 Å². The summed E-state index contributed by atoms with van der Waals surface area (Å²) in [7, 11) is -0.144. The fourth-order valence-electron chi connectivity index (χ4n) is 2.50. The summed E-state index contributed by atoms with van der Waals surface area (Å²) < 4.78 is 17.5. The van der Waals surface area contributed by atoms with Crippen LogP contribution in [0.1, 0.15) is 38.6 Å². The summed E-state index contributed by atoms with van der Waals surface area (Å²) in [6, 6.07) is 6.11. The topological polar surface area (TPSA) is 30.9 Å². The lowest BCUT2D eigenvalue weighted by Gasteiger charge is -2.37. The highest BCUT2D eigenvalue weighted by atomic mass is 32.2. The van der Waals surface area contributed by atoms with Gasteiger partial charge in [-0.05, 0) is 48.2 Å². The van der Waals surface area contributed by atoms with Crippen LogP contribution in [-0.4, -0.2) is 33.5 Å². The molecule has 0 saturated heterocycles. The lowest BCUT2D eigenvalue weighted by molar-refractivity contribution is 0.278. The Hall–Kier alpha value is -1.37. The van der Waals surface area contributed by atoms with E-state index in [0.717, 1.165) is 22.8 Å². The molecule has 1 aromatic rings. The molecule has 0 bridgehead atoms. The van der Waals surface area contributed by atoms with Gasteiger partial charge in [-0.15, -0.1) is 11.8 Å². The molecule has 0 spiro atoms. The van der Waals surface area contributed by atoms with Crippen molar-refractivity contribution in [1.29, 1.82) is 0 Å². The standard InChI is InChI=1S/C21H33NO3SSi/c1-9-24-19-14-17(10-11-18(19)23-6)20-22(12-13-26-20)16(2)15-25-27(7,8)21(3,4)5/h10-14,20H,2,9,15H2,1,3-8H3. The third-order valence-electron chi connectivity index (χ3n) is 5.23. The summed E-state index contributed by atoms with van der Waals surface area (Å²) in [5, 5.41) is 2.42. The molecule has 0 amide bonds. The van der Waals surface area contributed by atoms with Gasteiger partial charge in [-0.25, -0.2) is 0 Å². The van der Waals surface area contributed by atoms with Gasteiger partial charge >= 0.3 is 0 Å². The first-order chi connectivity index (χ1) is 12.6. The zero-order chi connectivity index (χ0) is 20.2. The first-order valence-corrected chi connectivity index (χ1v) is 13.2. The molecular formula is C21H33NO3SSi. The minimum atomic E-state index is -1.81. The molecule has 1 heterocycles. The predicted molar refractivity (Wildman–Crippen MR) is 118 cm³/mol. The molecule has 6 heteroatoms. The average Bonchev–Trinajstić information content (AvgIpc) is 3.09. The van der Waals surface area contributed by atoms with Crippen LogP contribution in [0, 0.1) is 0 Å². The molecule has 2 rings (SSSR count). The SMILES string of the molecule is C=C(CO[Si](C)(C)C(C)(C)C)N1C=CSC1c1ccc(OC)c(OCC)c1. The van der Waals surface area contributed by atoms with Gasteiger partial charge in [0.2, 0.25) is 0 Å². The molecule has 0 saturated carbocycles. The summed E-state index contributed by atoms with van der Waals surface area (Å²) in [5.41, 5.74) is 2.13. The van der Waals surface area contributed by atoms with Crippen LogP contribution >= 0.6 is 11.8 Å². The summed E-state index contributed by atoms with van der Waals surface area (Å²) in [5.74, 6) is 1.52. The number of nitrogens with zero attached hydrogens (tertiary/aromatic N) is 1. The molecule has 0 N–H and O–H groups in total. The van der Waals surface area contributed by atoms with Crippen molar-refractivity contribution in [1.82, 2.24) is 4.90 Å². The third-order valence-corrected chi connectivity index (χ3v) is 10.7. The van der Waals surface area contributed by atoms with Crippen LogP contribution in [0.5, 0.6) is 11.5 Å². The molecule has 1 unspecified atom stereocenters. The number of hydrogen-bond donors (Lipinski definition) is 0. The van der Waals surface area contributed by atoms with Crippen molar-refractivity contribution in [3.8, 4) is 11.5 Å². The van der Waals surface area contributed by atoms with Crippen LogP contribution in [0.2, 0.25) is 18.1 Å². The van der Waals surface area contributed by atoms with Gasteiger partial charge in [0.25, 0.3) is 0 Å². The number of methoxy groups -OCH3 is 1. The largest absolute Gasteiger partial charge is 0.493 e. The van der Waals surface area contributed by atoms with Crippen LogP contribution in [0.4, 0.5) is 0 Å². The number of ether oxygens (including phenoxy) is 2. The van der Waals surface area contributed by atoms with Crippen molar-refractivity contribution in [2.24, 2.45) is 0 Å². The average molecular weight is 408 g/mol. The van der Waals surface area contributed by atoms with E-state index in [4.69, 9.17) is 13.9 Å². The first kappa shape index (κ1) is 21.9. The van der Waals surface area contributed by atoms with Gasteiger partial charge < -0.3 is 18.8 Å². The van der Waals surface area contributed by atoms with Crippen molar-refractivity contribution < 1.29 is 13.9 Å². The van der Waals surface area contributed by atoms with Crippen molar-refractivity contribution in [3.63, 3.8) is 0 Å². The lowest BCUT2D eigenvalue weighted by atomic mass is 10.1. The summed E-state index contributed by atoms with van der Waals surface area (Å²) in [6.07, 6.45) is 2.08. The van der Waals surface area contributed by atoms with Crippen LogP contribution in [-0.2, 0) is 4.43 Å². The smallest absolute Gasteiger partial charge is 0.192 e. The van der Waals surface area contributed by atoms with E-state index in [1.807, 2.05) is 13.0 Å². The predicted octanol–water partition coefficient (Wildman–Crippen LogP) is 6.15. The molecular weight excluding hydrogens is 374 g/mol.